The van der Waals surface area contributed by atoms with Crippen molar-refractivity contribution >= 4 is 34.1 Å². The maximum absolute atomic E-state index is 12.9. The van der Waals surface area contributed by atoms with Crippen LogP contribution in [0.2, 0.25) is 0 Å². The molecule has 0 aliphatic carbocycles. The molecule has 0 spiro atoms. The number of carbonyl (C=O) groups is 1. The Kier molecular flexibility index (Phi) is 5.90. The average molecular weight is 417 g/mol. The summed E-state index contributed by atoms with van der Waals surface area (Å²) in [5.74, 6) is -0.300. The summed E-state index contributed by atoms with van der Waals surface area (Å²) in [7, 11) is 0. The molecule has 4 aromatic rings. The molecule has 1 amide bonds. The maximum Gasteiger partial charge on any atom is 0.275 e. The van der Waals surface area contributed by atoms with Crippen LogP contribution in [0.1, 0.15) is 11.3 Å². The lowest BCUT2D eigenvalue weighted by Crippen LogP contribution is -2.30. The summed E-state index contributed by atoms with van der Waals surface area (Å²) < 4.78 is 1.24. The van der Waals surface area contributed by atoms with Crippen molar-refractivity contribution in [2.45, 2.75) is 17.9 Å². The van der Waals surface area contributed by atoms with E-state index in [1.54, 1.807) is 30.2 Å². The number of hydrogen-bond donors (Lipinski definition) is 1. The monoisotopic (exact) mass is 416 g/mol. The van der Waals surface area contributed by atoms with Gasteiger partial charge in [0.1, 0.15) is 6.54 Å². The van der Waals surface area contributed by atoms with Crippen LogP contribution in [0.4, 0.5) is 5.69 Å². The van der Waals surface area contributed by atoms with Crippen LogP contribution < -0.4 is 10.9 Å². The number of amides is 1. The van der Waals surface area contributed by atoms with Gasteiger partial charge in [0, 0.05) is 34.8 Å². The second-order valence-corrected chi connectivity index (χ2v) is 7.65. The van der Waals surface area contributed by atoms with Crippen LogP contribution >= 0.6 is 11.8 Å². The van der Waals surface area contributed by atoms with Gasteiger partial charge in [0.2, 0.25) is 5.91 Å². The zero-order valence-electron chi connectivity index (χ0n) is 16.4. The first kappa shape index (κ1) is 19.8. The number of benzene rings is 2. The number of fused-ring (bicyclic) bond motifs is 1. The number of thioether (sulfide) groups is 1. The van der Waals surface area contributed by atoms with Crippen molar-refractivity contribution in [3.63, 3.8) is 0 Å². The predicted octanol–water partition coefficient (Wildman–Crippen LogP) is 3.74. The van der Waals surface area contributed by atoms with Crippen LogP contribution in [-0.4, -0.2) is 26.9 Å². The first-order chi connectivity index (χ1) is 14.6. The molecule has 2 aromatic heterocycles. The Morgan fingerprint density at radius 1 is 1.07 bits per heavy atom. The van der Waals surface area contributed by atoms with Crippen molar-refractivity contribution in [1.82, 2.24) is 14.8 Å². The summed E-state index contributed by atoms with van der Waals surface area (Å²) in [6, 6.07) is 18.7. The molecule has 0 aliphatic heterocycles. The van der Waals surface area contributed by atoms with E-state index in [0.29, 0.717) is 17.5 Å². The number of aromatic nitrogens is 3. The smallest absolute Gasteiger partial charge is 0.275 e. The minimum atomic E-state index is -0.300. The van der Waals surface area contributed by atoms with Gasteiger partial charge in [-0.3, -0.25) is 14.6 Å². The summed E-state index contributed by atoms with van der Waals surface area (Å²) >= 11 is 1.60. The standard InChI is InChI=1S/C23H20N4O2S/c1-30-18-8-4-7-17(13-18)25-22(28)15-27-23(29)20-10-3-2-9-19(20)21(26-27)12-16-6-5-11-24-14-16/h2-11,13-14H,12,15H2,1H3,(H,25,28). The quantitative estimate of drug-likeness (QED) is 0.485. The zero-order chi connectivity index (χ0) is 20.9. The Balaban J connectivity index is 1.65. The fourth-order valence-electron chi connectivity index (χ4n) is 3.28. The van der Waals surface area contributed by atoms with E-state index in [9.17, 15) is 9.59 Å². The van der Waals surface area contributed by atoms with E-state index in [-0.39, 0.29) is 18.0 Å². The summed E-state index contributed by atoms with van der Waals surface area (Å²) in [4.78, 5) is 30.7. The third-order valence-corrected chi connectivity index (χ3v) is 5.41. The fraction of sp³-hybridized carbons (Fsp3) is 0.130. The second kappa shape index (κ2) is 8.92. The van der Waals surface area contributed by atoms with Gasteiger partial charge in [0.25, 0.3) is 5.56 Å². The van der Waals surface area contributed by atoms with Gasteiger partial charge >= 0.3 is 0 Å². The number of rotatable bonds is 6. The van der Waals surface area contributed by atoms with Crippen LogP contribution in [0.15, 0.2) is 82.7 Å². The van der Waals surface area contributed by atoms with E-state index in [1.807, 2.05) is 60.9 Å². The van der Waals surface area contributed by atoms with Gasteiger partial charge in [-0.15, -0.1) is 11.8 Å². The van der Waals surface area contributed by atoms with E-state index in [4.69, 9.17) is 0 Å². The molecule has 0 saturated heterocycles. The largest absolute Gasteiger partial charge is 0.324 e. The average Bonchev–Trinajstić information content (AvgIpc) is 2.78. The number of nitrogens with one attached hydrogen (secondary N) is 1. The van der Waals surface area contributed by atoms with E-state index in [1.165, 1.54) is 4.68 Å². The minimum Gasteiger partial charge on any atom is -0.324 e. The molecule has 0 saturated carbocycles. The Labute approximate surface area is 178 Å². The van der Waals surface area contributed by atoms with E-state index in [0.717, 1.165) is 21.5 Å². The molecular weight excluding hydrogens is 396 g/mol. The molecule has 4 rings (SSSR count). The van der Waals surface area contributed by atoms with Crippen LogP contribution in [0, 0.1) is 0 Å². The molecular formula is C23H20N4O2S. The SMILES string of the molecule is CSc1cccc(NC(=O)Cn2nc(Cc3cccnc3)c3ccccc3c2=O)c1. The van der Waals surface area contributed by atoms with Gasteiger partial charge < -0.3 is 5.32 Å². The van der Waals surface area contributed by atoms with Crippen LogP contribution in [0.25, 0.3) is 10.8 Å². The zero-order valence-corrected chi connectivity index (χ0v) is 17.2. The lowest BCUT2D eigenvalue weighted by molar-refractivity contribution is -0.117. The summed E-state index contributed by atoms with van der Waals surface area (Å²) in [5, 5.41) is 8.70. The molecule has 0 unspecified atom stereocenters. The third kappa shape index (κ3) is 4.41. The van der Waals surface area contributed by atoms with Crippen molar-refractivity contribution < 1.29 is 4.79 Å². The van der Waals surface area contributed by atoms with Crippen molar-refractivity contribution in [3.8, 4) is 0 Å². The van der Waals surface area contributed by atoms with Gasteiger partial charge in [0.15, 0.2) is 0 Å². The lowest BCUT2D eigenvalue weighted by Gasteiger charge is -2.12. The topological polar surface area (TPSA) is 76.9 Å². The minimum absolute atomic E-state index is 0.160. The Morgan fingerprint density at radius 2 is 1.90 bits per heavy atom. The molecule has 6 nitrogen and oxygen atoms in total. The molecule has 2 heterocycles. The summed E-state index contributed by atoms with van der Waals surface area (Å²) in [6.45, 7) is -0.160. The molecule has 7 heteroatoms. The van der Waals surface area contributed by atoms with Gasteiger partial charge in [0.05, 0.1) is 11.1 Å². The van der Waals surface area contributed by atoms with Gasteiger partial charge in [-0.05, 0) is 42.2 Å². The van der Waals surface area contributed by atoms with Gasteiger partial charge in [-0.25, -0.2) is 4.68 Å². The molecule has 2 aromatic carbocycles. The molecule has 30 heavy (non-hydrogen) atoms. The molecule has 0 bridgehead atoms. The molecule has 1 N–H and O–H groups in total. The van der Waals surface area contributed by atoms with E-state index >= 15 is 0 Å². The molecule has 150 valence electrons. The Hall–Kier alpha value is -3.45. The van der Waals surface area contributed by atoms with E-state index < -0.39 is 0 Å². The fourth-order valence-corrected chi connectivity index (χ4v) is 3.74. The Morgan fingerprint density at radius 3 is 2.67 bits per heavy atom. The van der Waals surface area contributed by atoms with Crippen molar-refractivity contribution in [3.05, 3.63) is 94.7 Å². The number of anilines is 1. The molecule has 0 aliphatic rings. The van der Waals surface area contributed by atoms with Crippen molar-refractivity contribution in [1.29, 1.82) is 0 Å². The van der Waals surface area contributed by atoms with Crippen LogP contribution in [-0.2, 0) is 17.8 Å². The lowest BCUT2D eigenvalue weighted by atomic mass is 10.1. The molecule has 0 radical (unpaired) electrons. The van der Waals surface area contributed by atoms with Gasteiger partial charge in [-0.1, -0.05) is 30.3 Å². The number of carbonyl (C=O) groups excluding carboxylic acids is 1. The number of nitrogens with zero attached hydrogens (tertiary/aromatic N) is 3. The highest BCUT2D eigenvalue weighted by Gasteiger charge is 2.13. The first-order valence-electron chi connectivity index (χ1n) is 9.45. The summed E-state index contributed by atoms with van der Waals surface area (Å²) in [5.41, 5.74) is 2.12. The third-order valence-electron chi connectivity index (χ3n) is 4.69. The highest BCUT2D eigenvalue weighted by molar-refractivity contribution is 7.98. The second-order valence-electron chi connectivity index (χ2n) is 6.77. The van der Waals surface area contributed by atoms with Crippen LogP contribution in [0.3, 0.4) is 0 Å². The molecule has 0 fully saturated rings. The molecule has 0 atom stereocenters. The van der Waals surface area contributed by atoms with E-state index in [2.05, 4.69) is 15.4 Å². The number of hydrogen-bond acceptors (Lipinski definition) is 5. The highest BCUT2D eigenvalue weighted by atomic mass is 32.2. The normalized spacial score (nSPS) is 10.8. The summed E-state index contributed by atoms with van der Waals surface area (Å²) in [6.07, 6.45) is 5.99. The van der Waals surface area contributed by atoms with Crippen molar-refractivity contribution in [2.24, 2.45) is 0 Å². The van der Waals surface area contributed by atoms with Gasteiger partial charge in [-0.2, -0.15) is 5.10 Å². The highest BCUT2D eigenvalue weighted by Crippen LogP contribution is 2.19. The Bertz CT molecular complexity index is 1260. The van der Waals surface area contributed by atoms with Crippen LogP contribution in [0.5, 0.6) is 0 Å². The number of pyridine rings is 1. The predicted molar refractivity (Wildman–Crippen MR) is 120 cm³/mol. The van der Waals surface area contributed by atoms with Crippen molar-refractivity contribution in [2.75, 3.05) is 11.6 Å². The maximum atomic E-state index is 12.9. The first-order valence-corrected chi connectivity index (χ1v) is 10.7.